The zero-order valence-electron chi connectivity index (χ0n) is 13.5. The number of carbonyl (C=O) groups excluding carboxylic acids is 1. The van der Waals surface area contributed by atoms with Crippen molar-refractivity contribution in [1.29, 1.82) is 0 Å². The molecular weight excluding hydrogens is 292 g/mol. The monoisotopic (exact) mass is 314 g/mol. The maximum atomic E-state index is 11.8. The van der Waals surface area contributed by atoms with E-state index in [1.165, 1.54) is 0 Å². The smallest absolute Gasteiger partial charge is 0.234 e. The first-order chi connectivity index (χ1) is 11.0. The molecule has 6 heteroatoms. The summed E-state index contributed by atoms with van der Waals surface area (Å²) in [5.41, 5.74) is 7.61. The zero-order valence-corrected chi connectivity index (χ0v) is 13.5. The molecule has 122 valence electrons. The lowest BCUT2D eigenvalue weighted by Crippen LogP contribution is -2.40. The van der Waals surface area contributed by atoms with Crippen molar-refractivity contribution < 1.29 is 9.53 Å². The van der Waals surface area contributed by atoms with Gasteiger partial charge in [0.1, 0.15) is 11.9 Å². The van der Waals surface area contributed by atoms with Gasteiger partial charge in [0.25, 0.3) is 0 Å². The highest BCUT2D eigenvalue weighted by Gasteiger charge is 2.37. The zero-order chi connectivity index (χ0) is 16.4. The van der Waals surface area contributed by atoms with Gasteiger partial charge in [-0.2, -0.15) is 5.10 Å². The first-order valence-corrected chi connectivity index (χ1v) is 7.77. The van der Waals surface area contributed by atoms with E-state index in [0.29, 0.717) is 19.5 Å². The summed E-state index contributed by atoms with van der Waals surface area (Å²) in [4.78, 5) is 13.9. The lowest BCUT2D eigenvalue weighted by atomic mass is 10.2. The maximum Gasteiger partial charge on any atom is 0.234 e. The van der Waals surface area contributed by atoms with Crippen LogP contribution in [0.2, 0.25) is 0 Å². The third kappa shape index (κ3) is 3.53. The van der Waals surface area contributed by atoms with Gasteiger partial charge in [-0.05, 0) is 25.1 Å². The van der Waals surface area contributed by atoms with Gasteiger partial charge in [-0.25, -0.2) is 0 Å². The minimum absolute atomic E-state index is 0.0378. The Morgan fingerprint density at radius 1 is 1.39 bits per heavy atom. The third-order valence-corrected chi connectivity index (χ3v) is 4.20. The number of hydrogen-bond acceptors (Lipinski definition) is 4. The van der Waals surface area contributed by atoms with Crippen molar-refractivity contribution in [1.82, 2.24) is 14.7 Å². The Kier molecular flexibility index (Phi) is 4.34. The number of amides is 1. The number of para-hydroxylation sites is 1. The molecule has 1 amide bonds. The lowest BCUT2D eigenvalue weighted by molar-refractivity contribution is -0.122. The van der Waals surface area contributed by atoms with Crippen molar-refractivity contribution in [3.8, 4) is 5.75 Å². The number of nitrogens with two attached hydrogens (primary N) is 1. The van der Waals surface area contributed by atoms with Gasteiger partial charge in [-0.1, -0.05) is 18.2 Å². The average molecular weight is 314 g/mol. The van der Waals surface area contributed by atoms with Gasteiger partial charge in [0, 0.05) is 26.6 Å². The number of aromatic nitrogens is 2. The topological polar surface area (TPSA) is 73.4 Å². The number of hydrogen-bond donors (Lipinski definition) is 1. The van der Waals surface area contributed by atoms with Gasteiger partial charge in [0.05, 0.1) is 17.4 Å². The first kappa shape index (κ1) is 15.6. The quantitative estimate of drug-likeness (QED) is 0.901. The standard InChI is InChI=1S/C17H22N4O2/c1-12-8-13(20(2)19-12)10-21-11-15(9-16(21)17(18)22)23-14-6-4-3-5-7-14/h3-8,15-16H,9-11H2,1-2H3,(H2,18,22)/t15-,16-/m0/s1. The number of benzene rings is 1. The molecule has 1 fully saturated rings. The second kappa shape index (κ2) is 6.42. The maximum absolute atomic E-state index is 11.8. The predicted molar refractivity (Wildman–Crippen MR) is 86.8 cm³/mol. The van der Waals surface area contributed by atoms with E-state index in [0.717, 1.165) is 17.1 Å². The van der Waals surface area contributed by atoms with E-state index in [9.17, 15) is 4.79 Å². The molecule has 1 saturated heterocycles. The Labute approximate surface area is 135 Å². The largest absolute Gasteiger partial charge is 0.489 e. The van der Waals surface area contributed by atoms with Crippen LogP contribution < -0.4 is 10.5 Å². The van der Waals surface area contributed by atoms with Crippen LogP contribution >= 0.6 is 0 Å². The minimum atomic E-state index is -0.307. The summed E-state index contributed by atoms with van der Waals surface area (Å²) >= 11 is 0. The Morgan fingerprint density at radius 3 is 2.74 bits per heavy atom. The van der Waals surface area contributed by atoms with Gasteiger partial charge >= 0.3 is 0 Å². The molecule has 2 aromatic rings. The van der Waals surface area contributed by atoms with E-state index in [1.807, 2.05) is 55.1 Å². The normalized spacial score (nSPS) is 21.5. The Balaban J connectivity index is 1.71. The second-order valence-corrected chi connectivity index (χ2v) is 6.04. The van der Waals surface area contributed by atoms with E-state index in [1.54, 1.807) is 0 Å². The van der Waals surface area contributed by atoms with Crippen LogP contribution in [0.15, 0.2) is 36.4 Å². The summed E-state index contributed by atoms with van der Waals surface area (Å²) in [6.45, 7) is 3.27. The Morgan fingerprint density at radius 2 is 2.13 bits per heavy atom. The van der Waals surface area contributed by atoms with Crippen LogP contribution in [0.25, 0.3) is 0 Å². The summed E-state index contributed by atoms with van der Waals surface area (Å²) in [5, 5.41) is 4.35. The summed E-state index contributed by atoms with van der Waals surface area (Å²) in [7, 11) is 1.91. The number of primary amides is 1. The molecule has 6 nitrogen and oxygen atoms in total. The van der Waals surface area contributed by atoms with Gasteiger partial charge in [0.2, 0.25) is 5.91 Å². The highest BCUT2D eigenvalue weighted by atomic mass is 16.5. The molecule has 23 heavy (non-hydrogen) atoms. The molecule has 0 unspecified atom stereocenters. The third-order valence-electron chi connectivity index (χ3n) is 4.20. The molecule has 1 aliphatic heterocycles. The number of likely N-dealkylation sites (tertiary alicyclic amines) is 1. The fourth-order valence-electron chi connectivity index (χ4n) is 3.13. The van der Waals surface area contributed by atoms with Crippen molar-refractivity contribution in [2.75, 3.05) is 6.54 Å². The summed E-state index contributed by atoms with van der Waals surface area (Å²) in [6.07, 6.45) is 0.574. The Bertz CT molecular complexity index is 683. The molecule has 2 heterocycles. The molecule has 0 aliphatic carbocycles. The summed E-state index contributed by atoms with van der Waals surface area (Å²) in [6, 6.07) is 11.4. The van der Waals surface area contributed by atoms with E-state index >= 15 is 0 Å². The molecule has 0 bridgehead atoms. The number of ether oxygens (including phenoxy) is 1. The van der Waals surface area contributed by atoms with E-state index < -0.39 is 0 Å². The van der Waals surface area contributed by atoms with Gasteiger partial charge < -0.3 is 10.5 Å². The van der Waals surface area contributed by atoms with E-state index in [4.69, 9.17) is 10.5 Å². The lowest BCUT2D eigenvalue weighted by Gasteiger charge is -2.21. The highest BCUT2D eigenvalue weighted by Crippen LogP contribution is 2.24. The molecule has 1 aromatic carbocycles. The highest BCUT2D eigenvalue weighted by molar-refractivity contribution is 5.80. The van der Waals surface area contributed by atoms with Crippen molar-refractivity contribution in [2.45, 2.75) is 32.0 Å². The van der Waals surface area contributed by atoms with Crippen molar-refractivity contribution in [2.24, 2.45) is 12.8 Å². The SMILES string of the molecule is Cc1cc(CN2C[C@@H](Oc3ccccc3)C[C@H]2C(N)=O)n(C)n1. The summed E-state index contributed by atoms with van der Waals surface area (Å²) in [5.74, 6) is 0.516. The van der Waals surface area contributed by atoms with Crippen LogP contribution in [0.1, 0.15) is 17.8 Å². The molecule has 2 N–H and O–H groups in total. The second-order valence-electron chi connectivity index (χ2n) is 6.04. The van der Waals surface area contributed by atoms with Crippen LogP contribution in [-0.2, 0) is 18.4 Å². The van der Waals surface area contributed by atoms with Gasteiger partial charge in [-0.3, -0.25) is 14.4 Å². The van der Waals surface area contributed by atoms with Gasteiger partial charge in [-0.15, -0.1) is 0 Å². The van der Waals surface area contributed by atoms with E-state index in [-0.39, 0.29) is 18.1 Å². The van der Waals surface area contributed by atoms with Crippen LogP contribution in [0.3, 0.4) is 0 Å². The first-order valence-electron chi connectivity index (χ1n) is 7.77. The van der Waals surface area contributed by atoms with Crippen LogP contribution in [-0.4, -0.2) is 39.3 Å². The molecule has 1 aliphatic rings. The van der Waals surface area contributed by atoms with E-state index in [2.05, 4.69) is 10.00 Å². The van der Waals surface area contributed by atoms with Crippen molar-refractivity contribution >= 4 is 5.91 Å². The van der Waals surface area contributed by atoms with Crippen molar-refractivity contribution in [3.05, 3.63) is 47.8 Å². The van der Waals surface area contributed by atoms with Crippen LogP contribution in [0.5, 0.6) is 5.75 Å². The average Bonchev–Trinajstić information content (AvgIpc) is 3.04. The molecule has 0 radical (unpaired) electrons. The summed E-state index contributed by atoms with van der Waals surface area (Å²) < 4.78 is 7.83. The molecule has 3 rings (SSSR count). The van der Waals surface area contributed by atoms with Crippen molar-refractivity contribution in [3.63, 3.8) is 0 Å². The molecule has 1 aromatic heterocycles. The molecular formula is C17H22N4O2. The number of carbonyl (C=O) groups is 1. The fourth-order valence-corrected chi connectivity index (χ4v) is 3.13. The molecule has 0 saturated carbocycles. The van der Waals surface area contributed by atoms with Crippen LogP contribution in [0, 0.1) is 6.92 Å². The number of aryl methyl sites for hydroxylation is 2. The Hall–Kier alpha value is -2.34. The molecule has 0 spiro atoms. The predicted octanol–water partition coefficient (Wildman–Crippen LogP) is 1.24. The van der Waals surface area contributed by atoms with Crippen LogP contribution in [0.4, 0.5) is 0 Å². The fraction of sp³-hybridized carbons (Fsp3) is 0.412. The molecule has 2 atom stereocenters. The number of rotatable bonds is 5. The minimum Gasteiger partial charge on any atom is -0.489 e. The van der Waals surface area contributed by atoms with Gasteiger partial charge in [0.15, 0.2) is 0 Å². The number of nitrogens with zero attached hydrogens (tertiary/aromatic N) is 3.